The van der Waals surface area contributed by atoms with Gasteiger partial charge in [0.05, 0.1) is 33.2 Å². The zero-order valence-corrected chi connectivity index (χ0v) is 16.4. The standard InChI is InChI=1S/C19H12ClN3O8/c1-31-15-6-4-12(19(26)17(15)23(29)30)18(25)10-2-7-16(24)21(9-10)14-5-3-11(22(27)28)8-13(14)20/h2-9,26H,1H3. The van der Waals surface area contributed by atoms with Gasteiger partial charge in [-0.15, -0.1) is 0 Å². The van der Waals surface area contributed by atoms with Gasteiger partial charge in [-0.3, -0.25) is 34.4 Å². The molecule has 0 aliphatic heterocycles. The van der Waals surface area contributed by atoms with Gasteiger partial charge < -0.3 is 9.84 Å². The first-order chi connectivity index (χ1) is 14.6. The Bertz CT molecular complexity index is 1300. The van der Waals surface area contributed by atoms with E-state index in [0.717, 1.165) is 41.1 Å². The number of methoxy groups -OCH3 is 1. The van der Waals surface area contributed by atoms with E-state index in [0.29, 0.717) is 0 Å². The van der Waals surface area contributed by atoms with Crippen molar-refractivity contribution in [1.82, 2.24) is 4.57 Å². The van der Waals surface area contributed by atoms with E-state index in [1.807, 2.05) is 0 Å². The van der Waals surface area contributed by atoms with Crippen LogP contribution >= 0.6 is 11.6 Å². The van der Waals surface area contributed by atoms with Crippen molar-refractivity contribution in [2.75, 3.05) is 7.11 Å². The van der Waals surface area contributed by atoms with Crippen molar-refractivity contribution < 1.29 is 24.5 Å². The molecule has 11 nitrogen and oxygen atoms in total. The number of ketones is 1. The summed E-state index contributed by atoms with van der Waals surface area (Å²) >= 11 is 6.07. The van der Waals surface area contributed by atoms with Gasteiger partial charge in [-0.05, 0) is 24.3 Å². The second-order valence-corrected chi connectivity index (χ2v) is 6.52. The van der Waals surface area contributed by atoms with Crippen molar-refractivity contribution >= 4 is 28.8 Å². The number of nitrogens with zero attached hydrogens (tertiary/aromatic N) is 3. The van der Waals surface area contributed by atoms with E-state index in [4.69, 9.17) is 16.3 Å². The van der Waals surface area contributed by atoms with Gasteiger partial charge in [-0.1, -0.05) is 11.6 Å². The van der Waals surface area contributed by atoms with Crippen molar-refractivity contribution in [1.29, 1.82) is 0 Å². The Morgan fingerprint density at radius 2 is 1.81 bits per heavy atom. The number of hydrogen-bond acceptors (Lipinski definition) is 8. The topological polar surface area (TPSA) is 155 Å². The summed E-state index contributed by atoms with van der Waals surface area (Å²) in [6.07, 6.45) is 1.12. The Balaban J connectivity index is 2.12. The third-order valence-corrected chi connectivity index (χ3v) is 4.64. The molecule has 0 amide bonds. The number of aromatic nitrogens is 1. The first-order valence-corrected chi connectivity index (χ1v) is 8.79. The van der Waals surface area contributed by atoms with Crippen LogP contribution in [0.25, 0.3) is 5.69 Å². The maximum absolute atomic E-state index is 12.9. The summed E-state index contributed by atoms with van der Waals surface area (Å²) in [5, 5.41) is 32.3. The molecule has 31 heavy (non-hydrogen) atoms. The predicted molar refractivity (Wildman–Crippen MR) is 108 cm³/mol. The monoisotopic (exact) mass is 445 g/mol. The number of pyridine rings is 1. The molecule has 0 atom stereocenters. The lowest BCUT2D eigenvalue weighted by atomic mass is 10.0. The zero-order valence-electron chi connectivity index (χ0n) is 15.6. The second-order valence-electron chi connectivity index (χ2n) is 6.12. The zero-order chi connectivity index (χ0) is 22.9. The third-order valence-electron chi connectivity index (χ3n) is 4.34. The van der Waals surface area contributed by atoms with Crippen LogP contribution in [0.1, 0.15) is 15.9 Å². The number of nitro groups is 2. The molecule has 1 heterocycles. The number of carbonyl (C=O) groups excluding carboxylic acids is 1. The van der Waals surface area contributed by atoms with E-state index >= 15 is 0 Å². The average molecular weight is 446 g/mol. The summed E-state index contributed by atoms with van der Waals surface area (Å²) in [7, 11) is 1.17. The van der Waals surface area contributed by atoms with Gasteiger partial charge >= 0.3 is 5.69 Å². The van der Waals surface area contributed by atoms with Crippen molar-refractivity contribution in [2.45, 2.75) is 0 Å². The molecule has 12 heteroatoms. The van der Waals surface area contributed by atoms with Crippen LogP contribution in [0.5, 0.6) is 11.5 Å². The molecule has 0 aliphatic carbocycles. The van der Waals surface area contributed by atoms with Crippen LogP contribution in [0.15, 0.2) is 53.5 Å². The molecule has 0 radical (unpaired) electrons. The van der Waals surface area contributed by atoms with E-state index in [1.165, 1.54) is 19.2 Å². The SMILES string of the molecule is COc1ccc(C(=O)c2ccc(=O)n(-c3ccc([N+](=O)[O-])cc3Cl)c2)c(O)c1[N+](=O)[O-]. The summed E-state index contributed by atoms with van der Waals surface area (Å²) < 4.78 is 5.83. The Hall–Kier alpha value is -4.25. The predicted octanol–water partition coefficient (Wildman–Crippen LogP) is 3.25. The van der Waals surface area contributed by atoms with Crippen molar-refractivity contribution in [2.24, 2.45) is 0 Å². The Kier molecular flexibility index (Phi) is 5.70. The van der Waals surface area contributed by atoms with Crippen molar-refractivity contribution in [3.8, 4) is 17.2 Å². The van der Waals surface area contributed by atoms with Gasteiger partial charge in [0.2, 0.25) is 11.5 Å². The number of hydrogen-bond donors (Lipinski definition) is 1. The average Bonchev–Trinajstić information content (AvgIpc) is 2.73. The number of ether oxygens (including phenoxy) is 1. The van der Waals surface area contributed by atoms with Gasteiger partial charge in [0.1, 0.15) is 0 Å². The van der Waals surface area contributed by atoms with Crippen molar-refractivity contribution in [3.05, 3.63) is 95.4 Å². The number of phenolic OH excluding ortho intramolecular Hbond substituents is 1. The fourth-order valence-corrected chi connectivity index (χ4v) is 3.12. The lowest BCUT2D eigenvalue weighted by Crippen LogP contribution is -2.19. The highest BCUT2D eigenvalue weighted by Crippen LogP contribution is 2.39. The molecule has 1 N–H and O–H groups in total. The summed E-state index contributed by atoms with van der Waals surface area (Å²) in [6, 6.07) is 7.98. The molecule has 0 aliphatic rings. The highest BCUT2D eigenvalue weighted by molar-refractivity contribution is 6.32. The van der Waals surface area contributed by atoms with E-state index in [1.54, 1.807) is 0 Å². The molecule has 0 fully saturated rings. The number of halogens is 1. The molecule has 0 unspecified atom stereocenters. The molecule has 0 spiro atoms. The minimum absolute atomic E-state index is 0.0804. The summed E-state index contributed by atoms with van der Waals surface area (Å²) in [6.45, 7) is 0. The third kappa shape index (κ3) is 3.94. The molecule has 1 aromatic heterocycles. The van der Waals surface area contributed by atoms with Crippen LogP contribution in [0, 0.1) is 20.2 Å². The first-order valence-electron chi connectivity index (χ1n) is 8.41. The molecule has 0 saturated heterocycles. The molecule has 0 saturated carbocycles. The molecular weight excluding hydrogens is 434 g/mol. The van der Waals surface area contributed by atoms with Crippen LogP contribution in [0.3, 0.4) is 0 Å². The number of benzene rings is 2. The lowest BCUT2D eigenvalue weighted by molar-refractivity contribution is -0.386. The van der Waals surface area contributed by atoms with Crippen LogP contribution in [-0.4, -0.2) is 32.4 Å². The number of rotatable bonds is 6. The highest BCUT2D eigenvalue weighted by atomic mass is 35.5. The molecule has 158 valence electrons. The van der Waals surface area contributed by atoms with Gasteiger partial charge in [-0.25, -0.2) is 0 Å². The van der Waals surface area contributed by atoms with Crippen LogP contribution in [0.4, 0.5) is 11.4 Å². The van der Waals surface area contributed by atoms with Gasteiger partial charge in [0.15, 0.2) is 5.78 Å². The molecule has 3 aromatic rings. The van der Waals surface area contributed by atoms with E-state index in [-0.39, 0.29) is 33.3 Å². The fraction of sp³-hybridized carbons (Fsp3) is 0.0526. The van der Waals surface area contributed by atoms with Gasteiger partial charge in [0, 0.05) is 30.0 Å². The minimum Gasteiger partial charge on any atom is -0.501 e. The molecule has 3 rings (SSSR count). The quantitative estimate of drug-likeness (QED) is 0.344. The largest absolute Gasteiger partial charge is 0.501 e. The Labute approximate surface area is 178 Å². The Morgan fingerprint density at radius 3 is 2.39 bits per heavy atom. The first kappa shape index (κ1) is 21.5. The number of non-ortho nitro benzene ring substituents is 1. The van der Waals surface area contributed by atoms with Crippen LogP contribution in [-0.2, 0) is 0 Å². The molecule has 2 aromatic carbocycles. The number of aromatic hydroxyl groups is 1. The fourth-order valence-electron chi connectivity index (χ4n) is 2.86. The summed E-state index contributed by atoms with van der Waals surface area (Å²) in [4.78, 5) is 45.8. The molecular formula is C19H12ClN3O8. The van der Waals surface area contributed by atoms with Crippen molar-refractivity contribution in [3.63, 3.8) is 0 Å². The molecule has 0 bridgehead atoms. The highest BCUT2D eigenvalue weighted by Gasteiger charge is 2.27. The maximum atomic E-state index is 12.9. The number of phenols is 1. The van der Waals surface area contributed by atoms with Crippen LogP contribution in [0.2, 0.25) is 5.02 Å². The Morgan fingerprint density at radius 1 is 1.10 bits per heavy atom. The number of carbonyl (C=O) groups is 1. The smallest absolute Gasteiger partial charge is 0.352 e. The lowest BCUT2D eigenvalue weighted by Gasteiger charge is -2.11. The van der Waals surface area contributed by atoms with E-state index in [2.05, 4.69) is 0 Å². The van der Waals surface area contributed by atoms with Crippen LogP contribution < -0.4 is 10.3 Å². The van der Waals surface area contributed by atoms with Gasteiger partial charge in [0.25, 0.3) is 11.2 Å². The second kappa shape index (κ2) is 8.24. The number of nitro benzene ring substituents is 2. The maximum Gasteiger partial charge on any atom is 0.352 e. The normalized spacial score (nSPS) is 10.5. The van der Waals surface area contributed by atoms with Gasteiger partial charge in [-0.2, -0.15) is 0 Å². The van der Waals surface area contributed by atoms with E-state index < -0.39 is 32.6 Å². The summed E-state index contributed by atoms with van der Waals surface area (Å²) in [5.41, 5.74) is -2.05. The van der Waals surface area contributed by atoms with E-state index in [9.17, 15) is 34.9 Å². The summed E-state index contributed by atoms with van der Waals surface area (Å²) in [5.74, 6) is -1.93. The minimum atomic E-state index is -0.888.